The first kappa shape index (κ1) is 14.0. The Bertz CT molecular complexity index is 539. The van der Waals surface area contributed by atoms with Crippen molar-refractivity contribution in [1.82, 2.24) is 4.98 Å². The van der Waals surface area contributed by atoms with Gasteiger partial charge < -0.3 is 15.0 Å². The van der Waals surface area contributed by atoms with Gasteiger partial charge in [0.1, 0.15) is 5.82 Å². The lowest BCUT2D eigenvalue weighted by Gasteiger charge is -2.27. The summed E-state index contributed by atoms with van der Waals surface area (Å²) >= 11 is 0. The van der Waals surface area contributed by atoms with Crippen LogP contribution in [0.4, 0.5) is 11.5 Å². The third-order valence-electron chi connectivity index (χ3n) is 5.43. The van der Waals surface area contributed by atoms with E-state index in [1.54, 1.807) is 6.20 Å². The Morgan fingerprint density at radius 3 is 2.73 bits per heavy atom. The van der Waals surface area contributed by atoms with Gasteiger partial charge in [-0.2, -0.15) is 0 Å². The molecule has 118 valence electrons. The summed E-state index contributed by atoms with van der Waals surface area (Å²) in [6, 6.07) is 3.95. The normalized spacial score (nSPS) is 30.5. The summed E-state index contributed by atoms with van der Waals surface area (Å²) in [6.45, 7) is 3.27. The largest absolute Gasteiger partial charge is 0.378 e. The van der Waals surface area contributed by atoms with Gasteiger partial charge in [-0.25, -0.2) is 4.98 Å². The molecule has 5 heteroatoms. The van der Waals surface area contributed by atoms with Crippen LogP contribution in [0.5, 0.6) is 0 Å². The number of morpholine rings is 1. The fourth-order valence-corrected chi connectivity index (χ4v) is 4.24. The van der Waals surface area contributed by atoms with Crippen LogP contribution in [0.3, 0.4) is 0 Å². The zero-order chi connectivity index (χ0) is 14.9. The van der Waals surface area contributed by atoms with Gasteiger partial charge in [-0.1, -0.05) is 6.42 Å². The van der Waals surface area contributed by atoms with Gasteiger partial charge >= 0.3 is 0 Å². The van der Waals surface area contributed by atoms with Crippen LogP contribution < -0.4 is 10.2 Å². The van der Waals surface area contributed by atoms with E-state index in [0.717, 1.165) is 50.1 Å². The molecular weight excluding hydrogens is 278 g/mol. The summed E-state index contributed by atoms with van der Waals surface area (Å²) in [5, 5.41) is 3.05. The second-order valence-electron chi connectivity index (χ2n) is 6.78. The van der Waals surface area contributed by atoms with Crippen LogP contribution >= 0.6 is 0 Å². The maximum atomic E-state index is 12.4. The molecule has 1 aromatic heterocycles. The Morgan fingerprint density at radius 2 is 2.09 bits per heavy atom. The molecular formula is C17H23N3O2. The molecule has 2 saturated carbocycles. The summed E-state index contributed by atoms with van der Waals surface area (Å²) < 4.78 is 5.35. The Balaban J connectivity index is 1.37. The van der Waals surface area contributed by atoms with Crippen molar-refractivity contribution < 1.29 is 9.53 Å². The van der Waals surface area contributed by atoms with Crippen LogP contribution in [-0.4, -0.2) is 37.2 Å². The summed E-state index contributed by atoms with van der Waals surface area (Å²) in [7, 11) is 0. The van der Waals surface area contributed by atoms with Crippen LogP contribution in [-0.2, 0) is 9.53 Å². The van der Waals surface area contributed by atoms with Crippen molar-refractivity contribution in [3.8, 4) is 0 Å². The lowest BCUT2D eigenvalue weighted by atomic mass is 9.88. The van der Waals surface area contributed by atoms with E-state index in [0.29, 0.717) is 5.92 Å². The number of rotatable bonds is 3. The molecule has 3 atom stereocenters. The van der Waals surface area contributed by atoms with Gasteiger partial charge in [0.25, 0.3) is 0 Å². The number of nitrogens with one attached hydrogen (secondary N) is 1. The van der Waals surface area contributed by atoms with Crippen LogP contribution in [0.1, 0.15) is 25.7 Å². The molecule has 2 bridgehead atoms. The summed E-state index contributed by atoms with van der Waals surface area (Å²) in [5.74, 6) is 2.78. The van der Waals surface area contributed by atoms with Gasteiger partial charge in [0.15, 0.2) is 0 Å². The van der Waals surface area contributed by atoms with E-state index in [1.165, 1.54) is 19.3 Å². The van der Waals surface area contributed by atoms with Gasteiger partial charge in [0.05, 0.1) is 25.1 Å². The number of fused-ring (bicyclic) bond motifs is 2. The van der Waals surface area contributed by atoms with E-state index >= 15 is 0 Å². The molecule has 2 aliphatic carbocycles. The van der Waals surface area contributed by atoms with E-state index in [-0.39, 0.29) is 11.8 Å². The highest BCUT2D eigenvalue weighted by Crippen LogP contribution is 2.48. The number of anilines is 2. The zero-order valence-electron chi connectivity index (χ0n) is 12.8. The van der Waals surface area contributed by atoms with Crippen LogP contribution in [0, 0.1) is 17.8 Å². The number of ether oxygens (including phenoxy) is 1. The molecule has 1 aromatic rings. The van der Waals surface area contributed by atoms with Crippen molar-refractivity contribution in [2.24, 2.45) is 17.8 Å². The lowest BCUT2D eigenvalue weighted by molar-refractivity contribution is -0.121. The smallest absolute Gasteiger partial charge is 0.227 e. The number of hydrogen-bond donors (Lipinski definition) is 1. The summed E-state index contributed by atoms with van der Waals surface area (Å²) in [6.07, 6.45) is 6.67. The number of aromatic nitrogens is 1. The van der Waals surface area contributed by atoms with Gasteiger partial charge in [-0.3, -0.25) is 4.79 Å². The average molecular weight is 301 g/mol. The minimum atomic E-state index is 0.188. The maximum absolute atomic E-state index is 12.4. The molecule has 0 unspecified atom stereocenters. The first-order valence-corrected chi connectivity index (χ1v) is 8.39. The van der Waals surface area contributed by atoms with Crippen molar-refractivity contribution in [3.63, 3.8) is 0 Å². The molecule has 1 saturated heterocycles. The first-order chi connectivity index (χ1) is 10.8. The van der Waals surface area contributed by atoms with Crippen molar-refractivity contribution in [2.75, 3.05) is 36.5 Å². The molecule has 0 spiro atoms. The van der Waals surface area contributed by atoms with Crippen molar-refractivity contribution in [3.05, 3.63) is 18.3 Å². The fraction of sp³-hybridized carbons (Fsp3) is 0.647. The molecule has 5 nitrogen and oxygen atoms in total. The lowest BCUT2D eigenvalue weighted by Crippen LogP contribution is -2.36. The molecule has 0 aromatic carbocycles. The molecule has 1 amide bonds. The van der Waals surface area contributed by atoms with E-state index in [1.807, 2.05) is 12.1 Å². The predicted octanol–water partition coefficient (Wildman–Crippen LogP) is 2.29. The van der Waals surface area contributed by atoms with Gasteiger partial charge in [-0.05, 0) is 43.2 Å². The topological polar surface area (TPSA) is 54.5 Å². The van der Waals surface area contributed by atoms with Crippen LogP contribution in [0.15, 0.2) is 18.3 Å². The highest BCUT2D eigenvalue weighted by molar-refractivity contribution is 5.93. The molecule has 1 aliphatic heterocycles. The second kappa shape index (κ2) is 5.88. The monoisotopic (exact) mass is 301 g/mol. The summed E-state index contributed by atoms with van der Waals surface area (Å²) in [4.78, 5) is 19.1. The standard InChI is InChI=1S/C17H23N3O2/c21-17(15-10-12-1-2-13(15)9-12)19-14-3-4-16(18-11-14)20-5-7-22-8-6-20/h3-4,11-13,15H,1-2,5-10H2,(H,19,21)/t12-,13+,15+/m0/s1. The average Bonchev–Trinajstić information content (AvgIpc) is 3.19. The van der Waals surface area contributed by atoms with Gasteiger partial charge in [0.2, 0.25) is 5.91 Å². The van der Waals surface area contributed by atoms with Crippen LogP contribution in [0.25, 0.3) is 0 Å². The predicted molar refractivity (Wildman–Crippen MR) is 84.8 cm³/mol. The number of amides is 1. The fourth-order valence-electron chi connectivity index (χ4n) is 4.24. The molecule has 3 fully saturated rings. The molecule has 0 radical (unpaired) electrons. The first-order valence-electron chi connectivity index (χ1n) is 8.39. The quantitative estimate of drug-likeness (QED) is 0.930. The van der Waals surface area contributed by atoms with Crippen LogP contribution in [0.2, 0.25) is 0 Å². The van der Waals surface area contributed by atoms with Crippen molar-refractivity contribution >= 4 is 17.4 Å². The third kappa shape index (κ3) is 2.70. The highest BCUT2D eigenvalue weighted by atomic mass is 16.5. The maximum Gasteiger partial charge on any atom is 0.227 e. The number of hydrogen-bond acceptors (Lipinski definition) is 4. The number of carbonyl (C=O) groups excluding carboxylic acids is 1. The summed E-state index contributed by atoms with van der Waals surface area (Å²) in [5.41, 5.74) is 0.810. The molecule has 2 heterocycles. The van der Waals surface area contributed by atoms with E-state index in [4.69, 9.17) is 4.74 Å². The van der Waals surface area contributed by atoms with Crippen molar-refractivity contribution in [1.29, 1.82) is 0 Å². The second-order valence-corrected chi connectivity index (χ2v) is 6.78. The SMILES string of the molecule is O=C(Nc1ccc(N2CCOCC2)nc1)[C@@H]1C[C@H]2CC[C@@H]1C2. The van der Waals surface area contributed by atoms with Crippen molar-refractivity contribution in [2.45, 2.75) is 25.7 Å². The minimum Gasteiger partial charge on any atom is -0.378 e. The Labute approximate surface area is 131 Å². The molecule has 3 aliphatic rings. The minimum absolute atomic E-state index is 0.188. The Hall–Kier alpha value is -1.62. The van der Waals surface area contributed by atoms with Gasteiger partial charge in [-0.15, -0.1) is 0 Å². The van der Waals surface area contributed by atoms with E-state index in [9.17, 15) is 4.79 Å². The third-order valence-corrected chi connectivity index (χ3v) is 5.43. The molecule has 22 heavy (non-hydrogen) atoms. The Kier molecular flexibility index (Phi) is 3.74. The molecule has 4 rings (SSSR count). The zero-order valence-corrected chi connectivity index (χ0v) is 12.8. The van der Waals surface area contributed by atoms with E-state index in [2.05, 4.69) is 15.2 Å². The molecule has 1 N–H and O–H groups in total. The Morgan fingerprint density at radius 1 is 1.23 bits per heavy atom. The number of nitrogens with zero attached hydrogens (tertiary/aromatic N) is 2. The number of carbonyl (C=O) groups is 1. The number of pyridine rings is 1. The van der Waals surface area contributed by atoms with Gasteiger partial charge in [0, 0.05) is 19.0 Å². The highest BCUT2D eigenvalue weighted by Gasteiger charge is 2.43. The van der Waals surface area contributed by atoms with E-state index < -0.39 is 0 Å².